The minimum Gasteiger partial charge on any atom is -0.459 e. The molecule has 2 N–H and O–H groups in total. The van der Waals surface area contributed by atoms with Gasteiger partial charge in [0.25, 0.3) is 0 Å². The Morgan fingerprint density at radius 2 is 1.71 bits per heavy atom. The van der Waals surface area contributed by atoms with Crippen LogP contribution < -0.4 is 9.47 Å². The predicted molar refractivity (Wildman–Crippen MR) is 229 cm³/mol. The van der Waals surface area contributed by atoms with Crippen LogP contribution in [0.3, 0.4) is 0 Å². The van der Waals surface area contributed by atoms with E-state index in [1.807, 2.05) is 35.2 Å². The number of oxime groups is 1. The fourth-order valence-corrected chi connectivity index (χ4v) is 10.7. The molecule has 0 spiro atoms. The van der Waals surface area contributed by atoms with Crippen molar-refractivity contribution in [3.63, 3.8) is 0 Å². The molecule has 4 aliphatic rings. The maximum atomic E-state index is 14.6. The molecule has 2 saturated carbocycles. The number of carbonyl (C=O) groups excluding carboxylic acids is 1. The molecule has 0 radical (unpaired) electrons. The third-order valence-corrected chi connectivity index (χ3v) is 13.2. The molecule has 1 aliphatic heterocycles. The van der Waals surface area contributed by atoms with E-state index in [9.17, 15) is 15.0 Å². The lowest BCUT2D eigenvalue weighted by atomic mass is 9.55. The molecule has 1 amide bonds. The van der Waals surface area contributed by atoms with Gasteiger partial charge in [-0.2, -0.15) is 0 Å². The van der Waals surface area contributed by atoms with Crippen LogP contribution in [0.4, 0.5) is 0 Å². The number of fused-ring (bicyclic) bond motifs is 3. The Balaban J connectivity index is 1.38. The summed E-state index contributed by atoms with van der Waals surface area (Å²) in [4.78, 5) is 22.3. The van der Waals surface area contributed by atoms with Crippen LogP contribution in [0.5, 0.6) is 17.2 Å². The highest BCUT2D eigenvalue weighted by Crippen LogP contribution is 2.62. The highest BCUT2D eigenvalue weighted by Gasteiger charge is 2.65. The SMILES string of the molecule is C=CCOC12Oc3ccc(Oc4ccc5ccccc5c4)cc3C3C(CCCCO)C(CCCCO)C=C(C(=NOC)CC1N(CCC)C(=O)CCC1CCCC1)C32. The largest absolute Gasteiger partial charge is 0.459 e. The molecule has 0 bridgehead atoms. The molecule has 58 heavy (non-hydrogen) atoms. The second-order valence-electron chi connectivity index (χ2n) is 16.8. The minimum atomic E-state index is -1.24. The number of nitrogens with zero attached hydrogens (tertiary/aromatic N) is 2. The van der Waals surface area contributed by atoms with Crippen molar-refractivity contribution >= 4 is 22.4 Å². The van der Waals surface area contributed by atoms with E-state index in [1.54, 1.807) is 13.2 Å². The van der Waals surface area contributed by atoms with Crippen LogP contribution in [0.25, 0.3) is 10.8 Å². The first-order valence-electron chi connectivity index (χ1n) is 22.0. The highest BCUT2D eigenvalue weighted by atomic mass is 16.7. The first-order valence-corrected chi connectivity index (χ1v) is 22.0. The van der Waals surface area contributed by atoms with E-state index in [4.69, 9.17) is 24.2 Å². The van der Waals surface area contributed by atoms with Gasteiger partial charge in [0.15, 0.2) is 0 Å². The van der Waals surface area contributed by atoms with E-state index in [0.29, 0.717) is 37.5 Å². The lowest BCUT2D eigenvalue weighted by Gasteiger charge is -2.60. The number of carbonyl (C=O) groups is 1. The van der Waals surface area contributed by atoms with Gasteiger partial charge in [0.2, 0.25) is 11.7 Å². The summed E-state index contributed by atoms with van der Waals surface area (Å²) < 4.78 is 21.1. The van der Waals surface area contributed by atoms with E-state index in [2.05, 4.69) is 49.9 Å². The van der Waals surface area contributed by atoms with Gasteiger partial charge < -0.3 is 34.2 Å². The molecule has 3 aromatic carbocycles. The Morgan fingerprint density at radius 3 is 2.45 bits per heavy atom. The average Bonchev–Trinajstić information content (AvgIpc) is 3.77. The molecule has 7 rings (SSSR count). The number of hydrogen-bond donors (Lipinski definition) is 2. The number of aliphatic hydroxyl groups is 2. The number of rotatable bonds is 20. The molecule has 3 aromatic rings. The van der Waals surface area contributed by atoms with Gasteiger partial charge in [0.05, 0.1) is 18.2 Å². The second kappa shape index (κ2) is 19.7. The number of benzene rings is 3. The first kappa shape index (κ1) is 42.0. The van der Waals surface area contributed by atoms with Crippen molar-refractivity contribution in [2.75, 3.05) is 33.5 Å². The van der Waals surface area contributed by atoms with Crippen LogP contribution in [0.2, 0.25) is 0 Å². The van der Waals surface area contributed by atoms with Gasteiger partial charge in [-0.3, -0.25) is 4.79 Å². The van der Waals surface area contributed by atoms with Crippen molar-refractivity contribution in [1.82, 2.24) is 4.90 Å². The molecule has 2 fully saturated rings. The molecule has 1 heterocycles. The standard InChI is InChI=1S/C49H64N2O7/c1-4-26-51(46(54)25-20-34-14-6-7-15-34)45-33-43(50-55-3)41-31-37(18-10-12-27-52)40(19-11-13-28-53)47-42-32-39(57-38-22-21-35-16-8-9-17-36(35)30-38)23-24-44(42)58-49(45,48(41)47)56-29-5-2/h5,8-9,16-17,21-24,30-32,34,37,40,45,47-48,52-53H,2,4,6-7,10-15,18-20,25-29,33H2,1,3H3. The maximum absolute atomic E-state index is 14.6. The molecule has 312 valence electrons. The maximum Gasteiger partial charge on any atom is 0.239 e. The summed E-state index contributed by atoms with van der Waals surface area (Å²) in [5.41, 5.74) is 2.91. The molecule has 9 nitrogen and oxygen atoms in total. The second-order valence-corrected chi connectivity index (χ2v) is 16.8. The van der Waals surface area contributed by atoms with E-state index in [0.717, 1.165) is 84.1 Å². The van der Waals surface area contributed by atoms with Gasteiger partial charge in [0, 0.05) is 44.1 Å². The molecule has 9 heteroatoms. The van der Waals surface area contributed by atoms with Gasteiger partial charge in [-0.1, -0.05) is 93.1 Å². The smallest absolute Gasteiger partial charge is 0.239 e. The topological polar surface area (TPSA) is 110 Å². The van der Waals surface area contributed by atoms with Gasteiger partial charge in [-0.05, 0) is 103 Å². The van der Waals surface area contributed by atoms with Crippen LogP contribution in [0, 0.1) is 23.7 Å². The number of hydrogen-bond acceptors (Lipinski definition) is 8. The summed E-state index contributed by atoms with van der Waals surface area (Å²) >= 11 is 0. The number of amides is 1. The summed E-state index contributed by atoms with van der Waals surface area (Å²) in [5, 5.41) is 26.8. The molecule has 6 unspecified atom stereocenters. The van der Waals surface area contributed by atoms with Crippen LogP contribution in [0.15, 0.2) is 90.1 Å². The monoisotopic (exact) mass is 792 g/mol. The third-order valence-electron chi connectivity index (χ3n) is 13.2. The summed E-state index contributed by atoms with van der Waals surface area (Å²) in [6.07, 6.45) is 16.6. The van der Waals surface area contributed by atoms with Crippen LogP contribution in [-0.2, 0) is 14.4 Å². The highest BCUT2D eigenvalue weighted by molar-refractivity contribution is 6.03. The number of allylic oxidation sites excluding steroid dienone is 1. The zero-order chi connectivity index (χ0) is 40.5. The Bertz CT molecular complexity index is 1920. The molecule has 6 atom stereocenters. The lowest BCUT2D eigenvalue weighted by Crippen LogP contribution is -2.70. The summed E-state index contributed by atoms with van der Waals surface area (Å²) in [6, 6.07) is 20.1. The molecular weight excluding hydrogens is 729 g/mol. The first-order chi connectivity index (χ1) is 28.4. The van der Waals surface area contributed by atoms with E-state index in [-0.39, 0.29) is 49.4 Å². The molecular formula is C49H64N2O7. The van der Waals surface area contributed by atoms with Crippen molar-refractivity contribution in [2.24, 2.45) is 28.8 Å². The zero-order valence-corrected chi connectivity index (χ0v) is 34.7. The molecule has 0 saturated heterocycles. The van der Waals surface area contributed by atoms with Crippen molar-refractivity contribution in [2.45, 2.75) is 115 Å². The van der Waals surface area contributed by atoms with Crippen LogP contribution >= 0.6 is 0 Å². The quantitative estimate of drug-likeness (QED) is 0.0666. The average molecular weight is 793 g/mol. The Morgan fingerprint density at radius 1 is 0.966 bits per heavy atom. The Labute approximate surface area is 345 Å². The van der Waals surface area contributed by atoms with Crippen molar-refractivity contribution in [1.29, 1.82) is 0 Å². The number of ether oxygens (including phenoxy) is 3. The zero-order valence-electron chi connectivity index (χ0n) is 34.7. The fraction of sp³-hybridized carbons (Fsp3) is 0.551. The van der Waals surface area contributed by atoms with Crippen LogP contribution in [0.1, 0.15) is 108 Å². The van der Waals surface area contributed by atoms with E-state index < -0.39 is 11.8 Å². The van der Waals surface area contributed by atoms with Crippen LogP contribution in [-0.4, -0.2) is 72.0 Å². The van der Waals surface area contributed by atoms with Crippen molar-refractivity contribution in [3.05, 3.63) is 90.5 Å². The van der Waals surface area contributed by atoms with Crippen molar-refractivity contribution < 1.29 is 34.1 Å². The Hall–Kier alpha value is -4.18. The lowest BCUT2D eigenvalue weighted by molar-refractivity contribution is -0.257. The number of aliphatic hydroxyl groups excluding tert-OH is 2. The summed E-state index contributed by atoms with van der Waals surface area (Å²) in [7, 11) is 1.59. The fourth-order valence-electron chi connectivity index (χ4n) is 10.7. The van der Waals surface area contributed by atoms with Gasteiger partial charge in [-0.25, -0.2) is 0 Å². The minimum absolute atomic E-state index is 0.103. The van der Waals surface area contributed by atoms with Gasteiger partial charge in [-0.15, -0.1) is 6.58 Å². The van der Waals surface area contributed by atoms with E-state index in [1.165, 1.54) is 25.7 Å². The van der Waals surface area contributed by atoms with Gasteiger partial charge in [0.1, 0.15) is 30.4 Å². The predicted octanol–water partition coefficient (Wildman–Crippen LogP) is 10.1. The third kappa shape index (κ3) is 8.87. The summed E-state index contributed by atoms with van der Waals surface area (Å²) in [6.45, 7) is 7.28. The molecule has 0 aromatic heterocycles. The molecule has 3 aliphatic carbocycles. The normalized spacial score (nSPS) is 25.8. The number of unbranched alkanes of at least 4 members (excludes halogenated alkanes) is 2. The van der Waals surface area contributed by atoms with Crippen molar-refractivity contribution in [3.8, 4) is 17.2 Å². The van der Waals surface area contributed by atoms with Gasteiger partial charge >= 0.3 is 0 Å². The Kier molecular flexibility index (Phi) is 14.3. The van der Waals surface area contributed by atoms with E-state index >= 15 is 0 Å². The summed E-state index contributed by atoms with van der Waals surface area (Å²) in [5.74, 6) is 1.55.